The summed E-state index contributed by atoms with van der Waals surface area (Å²) < 4.78 is 11.3. The van der Waals surface area contributed by atoms with E-state index < -0.39 is 5.56 Å². The number of nitrogens with one attached hydrogen (secondary N) is 1. The molecular formula is C22H20N2O3. The first-order valence-corrected chi connectivity index (χ1v) is 8.52. The highest BCUT2D eigenvalue weighted by Crippen LogP contribution is 2.34. The van der Waals surface area contributed by atoms with Crippen molar-refractivity contribution < 1.29 is 9.47 Å². The van der Waals surface area contributed by atoms with E-state index in [1.165, 1.54) is 5.56 Å². The van der Waals surface area contributed by atoms with E-state index in [0.717, 1.165) is 11.1 Å². The maximum absolute atomic E-state index is 12.1. The van der Waals surface area contributed by atoms with Crippen LogP contribution in [0.3, 0.4) is 0 Å². The number of pyridine rings is 1. The lowest BCUT2D eigenvalue weighted by atomic mass is 10.0. The lowest BCUT2D eigenvalue weighted by Crippen LogP contribution is -2.12. The van der Waals surface area contributed by atoms with Crippen LogP contribution in [0.1, 0.15) is 22.4 Å². The zero-order valence-corrected chi connectivity index (χ0v) is 15.5. The summed E-state index contributed by atoms with van der Waals surface area (Å²) in [4.78, 5) is 14.7. The summed E-state index contributed by atoms with van der Waals surface area (Å²) >= 11 is 0. The molecule has 0 saturated heterocycles. The molecule has 0 aliphatic rings. The van der Waals surface area contributed by atoms with Gasteiger partial charge in [-0.25, -0.2) is 0 Å². The number of aryl methyl sites for hydroxylation is 2. The number of rotatable bonds is 5. The standard InChI is InChI=1S/C22H20N2O3/c1-14-4-6-16(7-5-14)13-27-21-11-17(8-9-20(21)26-3)18-10-15(2)24-22(25)19(18)12-23/h4-11H,13H2,1-3H3,(H,24,25). The molecule has 0 amide bonds. The Balaban J connectivity index is 1.98. The van der Waals surface area contributed by atoms with Gasteiger partial charge in [0.1, 0.15) is 18.2 Å². The summed E-state index contributed by atoms with van der Waals surface area (Å²) in [6.45, 7) is 4.21. The van der Waals surface area contributed by atoms with Gasteiger partial charge in [-0.3, -0.25) is 4.79 Å². The molecule has 0 radical (unpaired) electrons. The van der Waals surface area contributed by atoms with Crippen LogP contribution in [0.15, 0.2) is 53.3 Å². The van der Waals surface area contributed by atoms with Gasteiger partial charge in [0, 0.05) is 11.3 Å². The van der Waals surface area contributed by atoms with Crippen LogP contribution in [0.25, 0.3) is 11.1 Å². The number of hydrogen-bond acceptors (Lipinski definition) is 4. The molecule has 0 aliphatic carbocycles. The Morgan fingerprint density at radius 2 is 1.78 bits per heavy atom. The molecule has 3 rings (SSSR count). The van der Waals surface area contributed by atoms with E-state index >= 15 is 0 Å². The van der Waals surface area contributed by atoms with Crippen LogP contribution in [0.4, 0.5) is 0 Å². The minimum atomic E-state index is -0.398. The Bertz CT molecular complexity index is 1060. The number of nitrogens with zero attached hydrogens (tertiary/aromatic N) is 1. The van der Waals surface area contributed by atoms with Gasteiger partial charge in [-0.2, -0.15) is 5.26 Å². The minimum Gasteiger partial charge on any atom is -0.493 e. The van der Waals surface area contributed by atoms with Gasteiger partial charge in [-0.1, -0.05) is 35.9 Å². The SMILES string of the molecule is COc1ccc(-c2cc(C)[nH]c(=O)c2C#N)cc1OCc1ccc(C)cc1. The molecule has 1 N–H and O–H groups in total. The van der Waals surface area contributed by atoms with Gasteiger partial charge in [-0.15, -0.1) is 0 Å². The van der Waals surface area contributed by atoms with Crippen LogP contribution in [-0.4, -0.2) is 12.1 Å². The maximum atomic E-state index is 12.1. The highest BCUT2D eigenvalue weighted by Gasteiger charge is 2.13. The normalized spacial score (nSPS) is 10.3. The Labute approximate surface area is 157 Å². The van der Waals surface area contributed by atoms with Crippen molar-refractivity contribution in [3.8, 4) is 28.7 Å². The summed E-state index contributed by atoms with van der Waals surface area (Å²) in [5, 5.41) is 9.37. The van der Waals surface area contributed by atoms with Gasteiger partial charge in [0.05, 0.1) is 7.11 Å². The number of methoxy groups -OCH3 is 1. The van der Waals surface area contributed by atoms with Gasteiger partial charge in [-0.05, 0) is 43.2 Å². The van der Waals surface area contributed by atoms with Crippen LogP contribution < -0.4 is 15.0 Å². The largest absolute Gasteiger partial charge is 0.493 e. The summed E-state index contributed by atoms with van der Waals surface area (Å²) in [5.41, 5.74) is 3.89. The molecular weight excluding hydrogens is 340 g/mol. The first-order valence-electron chi connectivity index (χ1n) is 8.52. The average Bonchev–Trinajstić information content (AvgIpc) is 2.66. The topological polar surface area (TPSA) is 75.1 Å². The quantitative estimate of drug-likeness (QED) is 0.743. The third kappa shape index (κ3) is 4.01. The van der Waals surface area contributed by atoms with E-state index in [2.05, 4.69) is 4.98 Å². The predicted octanol–water partition coefficient (Wildman–Crippen LogP) is 4.12. The summed E-state index contributed by atoms with van der Waals surface area (Å²) in [5.74, 6) is 1.14. The molecule has 1 aromatic heterocycles. The highest BCUT2D eigenvalue weighted by atomic mass is 16.5. The monoisotopic (exact) mass is 360 g/mol. The first-order chi connectivity index (χ1) is 13.0. The number of nitriles is 1. The van der Waals surface area contributed by atoms with Gasteiger partial charge in [0.25, 0.3) is 5.56 Å². The fraction of sp³-hybridized carbons (Fsp3) is 0.182. The number of benzene rings is 2. The van der Waals surface area contributed by atoms with Crippen LogP contribution in [0.2, 0.25) is 0 Å². The molecule has 1 heterocycles. The van der Waals surface area contributed by atoms with Crippen LogP contribution in [0.5, 0.6) is 11.5 Å². The molecule has 0 spiro atoms. The van der Waals surface area contributed by atoms with Gasteiger partial charge in [0.15, 0.2) is 11.5 Å². The molecule has 0 fully saturated rings. The molecule has 136 valence electrons. The Morgan fingerprint density at radius 3 is 2.44 bits per heavy atom. The molecule has 5 nitrogen and oxygen atoms in total. The molecule has 0 saturated carbocycles. The first kappa shape index (κ1) is 18.3. The average molecular weight is 360 g/mol. The van der Waals surface area contributed by atoms with Crippen molar-refractivity contribution in [3.05, 3.63) is 81.3 Å². The summed E-state index contributed by atoms with van der Waals surface area (Å²) in [6, 6.07) is 17.2. The lowest BCUT2D eigenvalue weighted by molar-refractivity contribution is 0.284. The Kier molecular flexibility index (Phi) is 5.28. The molecule has 0 bridgehead atoms. The minimum absolute atomic E-state index is 0.0789. The van der Waals surface area contributed by atoms with E-state index in [1.807, 2.05) is 43.3 Å². The lowest BCUT2D eigenvalue weighted by Gasteiger charge is -2.13. The molecule has 0 unspecified atom stereocenters. The molecule has 0 aliphatic heterocycles. The van der Waals surface area contributed by atoms with Gasteiger partial charge in [0.2, 0.25) is 0 Å². The number of aromatic amines is 1. The van der Waals surface area contributed by atoms with Crippen molar-refractivity contribution in [3.63, 3.8) is 0 Å². The predicted molar refractivity (Wildman–Crippen MR) is 104 cm³/mol. The maximum Gasteiger partial charge on any atom is 0.266 e. The van der Waals surface area contributed by atoms with E-state index in [9.17, 15) is 10.1 Å². The van der Waals surface area contributed by atoms with Crippen molar-refractivity contribution in [2.24, 2.45) is 0 Å². The smallest absolute Gasteiger partial charge is 0.266 e. The summed E-state index contributed by atoms with van der Waals surface area (Å²) in [6.07, 6.45) is 0. The van der Waals surface area contributed by atoms with Gasteiger partial charge < -0.3 is 14.5 Å². The van der Waals surface area contributed by atoms with Crippen molar-refractivity contribution in [1.82, 2.24) is 4.98 Å². The summed E-state index contributed by atoms with van der Waals surface area (Å²) in [7, 11) is 1.58. The zero-order valence-electron chi connectivity index (χ0n) is 15.5. The van der Waals surface area contributed by atoms with Crippen LogP contribution in [-0.2, 0) is 6.61 Å². The highest BCUT2D eigenvalue weighted by molar-refractivity contribution is 5.72. The number of ether oxygens (including phenoxy) is 2. The molecule has 3 aromatic rings. The molecule has 2 aromatic carbocycles. The Hall–Kier alpha value is -3.52. The number of aromatic nitrogens is 1. The van der Waals surface area contributed by atoms with Crippen molar-refractivity contribution in [2.75, 3.05) is 7.11 Å². The second kappa shape index (κ2) is 7.79. The third-order valence-corrected chi connectivity index (χ3v) is 4.27. The van der Waals surface area contributed by atoms with E-state index in [1.54, 1.807) is 32.2 Å². The van der Waals surface area contributed by atoms with Crippen LogP contribution >= 0.6 is 0 Å². The fourth-order valence-electron chi connectivity index (χ4n) is 2.83. The van der Waals surface area contributed by atoms with Crippen molar-refractivity contribution >= 4 is 0 Å². The second-order valence-corrected chi connectivity index (χ2v) is 6.32. The fourth-order valence-corrected chi connectivity index (χ4v) is 2.83. The second-order valence-electron chi connectivity index (χ2n) is 6.32. The molecule has 0 atom stereocenters. The van der Waals surface area contributed by atoms with Gasteiger partial charge >= 0.3 is 0 Å². The third-order valence-electron chi connectivity index (χ3n) is 4.27. The van der Waals surface area contributed by atoms with Crippen molar-refractivity contribution in [1.29, 1.82) is 5.26 Å². The zero-order chi connectivity index (χ0) is 19.4. The van der Waals surface area contributed by atoms with E-state index in [-0.39, 0.29) is 5.56 Å². The number of H-pyrrole nitrogens is 1. The van der Waals surface area contributed by atoms with E-state index in [0.29, 0.717) is 29.4 Å². The van der Waals surface area contributed by atoms with E-state index in [4.69, 9.17) is 9.47 Å². The Morgan fingerprint density at radius 1 is 1.04 bits per heavy atom. The van der Waals surface area contributed by atoms with Crippen molar-refractivity contribution in [2.45, 2.75) is 20.5 Å². The molecule has 5 heteroatoms. The number of hydrogen-bond donors (Lipinski definition) is 1. The molecule has 27 heavy (non-hydrogen) atoms. The van der Waals surface area contributed by atoms with Crippen LogP contribution in [0, 0.1) is 25.2 Å².